The molecule has 3 heterocycles. The Labute approximate surface area is 206 Å². The van der Waals surface area contributed by atoms with E-state index in [1.165, 1.54) is 0 Å². The van der Waals surface area contributed by atoms with Crippen LogP contribution in [-0.4, -0.2) is 76.6 Å². The van der Waals surface area contributed by atoms with Crippen molar-refractivity contribution in [3.8, 4) is 5.75 Å². The molecule has 1 unspecified atom stereocenters. The topological polar surface area (TPSA) is 100 Å². The van der Waals surface area contributed by atoms with Gasteiger partial charge in [0.15, 0.2) is 0 Å². The van der Waals surface area contributed by atoms with Gasteiger partial charge in [-0.15, -0.1) is 0 Å². The molecule has 11 heteroatoms. The summed E-state index contributed by atoms with van der Waals surface area (Å²) in [5, 5.41) is 7.12. The van der Waals surface area contributed by atoms with Crippen molar-refractivity contribution in [1.82, 2.24) is 14.8 Å². The smallest absolute Gasteiger partial charge is 0.487 e. The SMILES string of the molecule is CN(C)C(=O)CC1CC2(CCN(C(=O)c3ccccn3)CC2)Oc2ccccc21.O=C(O)C(F)(F)F. The molecule has 2 amide bonds. The van der Waals surface area contributed by atoms with Gasteiger partial charge >= 0.3 is 12.1 Å². The Balaban J connectivity index is 0.000000454. The quantitative estimate of drug-likeness (QED) is 0.680. The lowest BCUT2D eigenvalue weighted by atomic mass is 9.76. The van der Waals surface area contributed by atoms with E-state index in [9.17, 15) is 22.8 Å². The average molecular weight is 508 g/mol. The number of nitrogens with zero attached hydrogens (tertiary/aromatic N) is 3. The van der Waals surface area contributed by atoms with Gasteiger partial charge in [0.25, 0.3) is 5.91 Å². The van der Waals surface area contributed by atoms with Crippen LogP contribution in [0.1, 0.15) is 47.7 Å². The Hall–Kier alpha value is -3.63. The lowest BCUT2D eigenvalue weighted by Crippen LogP contribution is -2.52. The number of aliphatic carboxylic acids is 1. The highest BCUT2D eigenvalue weighted by Gasteiger charge is 2.44. The van der Waals surface area contributed by atoms with Gasteiger partial charge in [-0.1, -0.05) is 24.3 Å². The minimum absolute atomic E-state index is 0.0315. The number of hydrogen-bond acceptors (Lipinski definition) is 5. The largest absolute Gasteiger partial charge is 0.490 e. The Morgan fingerprint density at radius 2 is 1.72 bits per heavy atom. The number of piperidine rings is 1. The number of fused-ring (bicyclic) bond motifs is 1. The van der Waals surface area contributed by atoms with Gasteiger partial charge in [0.1, 0.15) is 17.0 Å². The van der Waals surface area contributed by atoms with E-state index in [2.05, 4.69) is 11.1 Å². The third-order valence-electron chi connectivity index (χ3n) is 6.31. The van der Waals surface area contributed by atoms with Crippen molar-refractivity contribution in [2.75, 3.05) is 27.2 Å². The molecule has 0 saturated carbocycles. The molecule has 1 atom stereocenters. The monoisotopic (exact) mass is 507 g/mol. The molecule has 1 aromatic carbocycles. The van der Waals surface area contributed by atoms with Crippen LogP contribution >= 0.6 is 0 Å². The standard InChI is InChI=1S/C23H27N3O3.C2HF3O2/c1-25(2)21(27)15-17-16-23(29-20-9-4-3-7-18(17)20)10-13-26(14-11-23)22(28)19-8-5-6-12-24-19;3-2(4,5)1(6)7/h3-9,12,17H,10-11,13-16H2,1-2H3;(H,6,7). The molecular weight excluding hydrogens is 479 g/mol. The molecule has 36 heavy (non-hydrogen) atoms. The number of benzene rings is 1. The van der Waals surface area contributed by atoms with Crippen molar-refractivity contribution in [2.24, 2.45) is 0 Å². The summed E-state index contributed by atoms with van der Waals surface area (Å²) >= 11 is 0. The molecule has 8 nitrogen and oxygen atoms in total. The maximum absolute atomic E-state index is 12.7. The van der Waals surface area contributed by atoms with Crippen molar-refractivity contribution in [3.05, 3.63) is 59.9 Å². The second-order valence-electron chi connectivity index (χ2n) is 9.03. The first kappa shape index (κ1) is 27.0. The number of pyridine rings is 1. The summed E-state index contributed by atoms with van der Waals surface area (Å²) < 4.78 is 38.2. The number of carbonyl (C=O) groups is 3. The van der Waals surface area contributed by atoms with Crippen LogP contribution in [0.5, 0.6) is 5.75 Å². The number of rotatable bonds is 3. The number of hydrogen-bond donors (Lipinski definition) is 1. The van der Waals surface area contributed by atoms with E-state index in [-0.39, 0.29) is 23.3 Å². The van der Waals surface area contributed by atoms with Crippen LogP contribution in [0.2, 0.25) is 0 Å². The number of para-hydroxylation sites is 1. The van der Waals surface area contributed by atoms with E-state index in [4.69, 9.17) is 14.6 Å². The minimum atomic E-state index is -5.08. The molecule has 1 spiro atoms. The Morgan fingerprint density at radius 1 is 1.11 bits per heavy atom. The lowest BCUT2D eigenvalue weighted by Gasteiger charge is -2.47. The zero-order chi connectivity index (χ0) is 26.5. The Kier molecular flexibility index (Phi) is 8.21. The number of likely N-dealkylation sites (tertiary alicyclic amines) is 1. The van der Waals surface area contributed by atoms with Gasteiger partial charge in [0.05, 0.1) is 0 Å². The molecular formula is C25H28F3N3O5. The molecule has 1 fully saturated rings. The highest BCUT2D eigenvalue weighted by atomic mass is 19.4. The fourth-order valence-electron chi connectivity index (χ4n) is 4.39. The average Bonchev–Trinajstić information content (AvgIpc) is 2.84. The van der Waals surface area contributed by atoms with Crippen molar-refractivity contribution in [2.45, 2.75) is 43.4 Å². The summed E-state index contributed by atoms with van der Waals surface area (Å²) in [5.74, 6) is -1.65. The third-order valence-corrected chi connectivity index (χ3v) is 6.31. The van der Waals surface area contributed by atoms with E-state index >= 15 is 0 Å². The van der Waals surface area contributed by atoms with Gasteiger partial charge in [0, 0.05) is 58.6 Å². The fraction of sp³-hybridized carbons (Fsp3) is 0.440. The normalized spacial score (nSPS) is 18.2. The summed E-state index contributed by atoms with van der Waals surface area (Å²) in [6.45, 7) is 1.26. The first-order chi connectivity index (χ1) is 16.9. The number of carboxylic acid groups (broad SMARTS) is 1. The van der Waals surface area contributed by atoms with E-state index in [1.807, 2.05) is 35.2 Å². The first-order valence-corrected chi connectivity index (χ1v) is 11.4. The van der Waals surface area contributed by atoms with Gasteiger partial charge < -0.3 is 19.6 Å². The van der Waals surface area contributed by atoms with Gasteiger partial charge in [-0.25, -0.2) is 4.79 Å². The zero-order valence-corrected chi connectivity index (χ0v) is 20.0. The number of amides is 2. The van der Waals surface area contributed by atoms with Crippen molar-refractivity contribution in [1.29, 1.82) is 0 Å². The summed E-state index contributed by atoms with van der Waals surface area (Å²) in [4.78, 5) is 41.7. The highest BCUT2D eigenvalue weighted by Crippen LogP contribution is 2.46. The lowest BCUT2D eigenvalue weighted by molar-refractivity contribution is -0.192. The molecule has 194 valence electrons. The van der Waals surface area contributed by atoms with Crippen LogP contribution in [0, 0.1) is 0 Å². The van der Waals surface area contributed by atoms with Crippen LogP contribution in [0.4, 0.5) is 13.2 Å². The molecule has 2 aliphatic heterocycles. The van der Waals surface area contributed by atoms with E-state index in [0.29, 0.717) is 25.2 Å². The van der Waals surface area contributed by atoms with E-state index in [1.54, 1.807) is 31.3 Å². The maximum atomic E-state index is 12.7. The number of carboxylic acids is 1. The van der Waals surface area contributed by atoms with Crippen LogP contribution < -0.4 is 4.74 Å². The molecule has 2 aliphatic rings. The van der Waals surface area contributed by atoms with E-state index < -0.39 is 12.1 Å². The summed E-state index contributed by atoms with van der Waals surface area (Å²) in [5.41, 5.74) is 1.26. The van der Waals surface area contributed by atoms with Gasteiger partial charge in [-0.3, -0.25) is 14.6 Å². The van der Waals surface area contributed by atoms with Crippen LogP contribution in [-0.2, 0) is 9.59 Å². The van der Waals surface area contributed by atoms with Crippen molar-refractivity contribution < 1.29 is 37.4 Å². The molecule has 1 saturated heterocycles. The molecule has 1 aromatic heterocycles. The number of halogens is 3. The van der Waals surface area contributed by atoms with Gasteiger partial charge in [0.2, 0.25) is 5.91 Å². The molecule has 0 aliphatic carbocycles. The molecule has 4 rings (SSSR count). The molecule has 1 N–H and O–H groups in total. The Morgan fingerprint density at radius 3 is 2.28 bits per heavy atom. The second-order valence-corrected chi connectivity index (χ2v) is 9.03. The molecule has 2 aromatic rings. The van der Waals surface area contributed by atoms with Crippen LogP contribution in [0.3, 0.4) is 0 Å². The summed E-state index contributed by atoms with van der Waals surface area (Å²) in [7, 11) is 3.59. The molecule has 0 bridgehead atoms. The van der Waals surface area contributed by atoms with Gasteiger partial charge in [-0.2, -0.15) is 13.2 Å². The number of aromatic nitrogens is 1. The minimum Gasteiger partial charge on any atom is -0.487 e. The Bertz CT molecular complexity index is 1080. The number of carbonyl (C=O) groups excluding carboxylic acids is 2. The van der Waals surface area contributed by atoms with Crippen LogP contribution in [0.25, 0.3) is 0 Å². The third kappa shape index (κ3) is 6.52. The fourth-order valence-corrected chi connectivity index (χ4v) is 4.39. The van der Waals surface area contributed by atoms with Crippen molar-refractivity contribution in [3.63, 3.8) is 0 Å². The van der Waals surface area contributed by atoms with Gasteiger partial charge in [-0.05, 0) is 30.2 Å². The summed E-state index contributed by atoms with van der Waals surface area (Å²) in [6.07, 6.45) is -0.647. The molecule has 0 radical (unpaired) electrons. The van der Waals surface area contributed by atoms with Crippen LogP contribution in [0.15, 0.2) is 48.7 Å². The predicted octanol–water partition coefficient (Wildman–Crippen LogP) is 3.73. The number of ether oxygens (including phenoxy) is 1. The highest BCUT2D eigenvalue weighted by molar-refractivity contribution is 5.92. The van der Waals surface area contributed by atoms with E-state index in [0.717, 1.165) is 30.6 Å². The van der Waals surface area contributed by atoms with Crippen molar-refractivity contribution >= 4 is 17.8 Å². The first-order valence-electron chi connectivity index (χ1n) is 11.4. The predicted molar refractivity (Wildman–Crippen MR) is 124 cm³/mol. The number of alkyl halides is 3. The second kappa shape index (κ2) is 11.0. The zero-order valence-electron chi connectivity index (χ0n) is 20.0. The maximum Gasteiger partial charge on any atom is 0.490 e. The summed E-state index contributed by atoms with van der Waals surface area (Å²) in [6, 6.07) is 13.4.